The van der Waals surface area contributed by atoms with Crippen LogP contribution in [0.15, 0.2) is 0 Å². The third kappa shape index (κ3) is 17.9. The highest BCUT2D eigenvalue weighted by Gasteiger charge is 2.41. The van der Waals surface area contributed by atoms with Gasteiger partial charge in [0.05, 0.1) is 19.0 Å². The van der Waals surface area contributed by atoms with Crippen molar-refractivity contribution < 1.29 is 63.0 Å². The lowest BCUT2D eigenvalue weighted by Crippen LogP contribution is -2.59. The molecule has 2 heterocycles. The first-order valence-corrected chi connectivity index (χ1v) is 22.1. The highest BCUT2D eigenvalue weighted by atomic mass is 16.4. The number of carbonyl (C=O) groups is 11. The number of likely N-dealkylation sites (tertiary alicyclic amines) is 2. The molecule has 9 amide bonds. The van der Waals surface area contributed by atoms with Crippen molar-refractivity contribution in [3.05, 3.63) is 0 Å². The van der Waals surface area contributed by atoms with Crippen molar-refractivity contribution in [1.82, 2.24) is 41.7 Å². The predicted molar refractivity (Wildman–Crippen MR) is 231 cm³/mol. The summed E-state index contributed by atoms with van der Waals surface area (Å²) in [6.45, 7) is 8.32. The van der Waals surface area contributed by atoms with Crippen LogP contribution in [0, 0.1) is 11.8 Å². The Hall–Kier alpha value is -5.91. The molecule has 0 bridgehead atoms. The molecule has 2 saturated heterocycles. The first-order valence-electron chi connectivity index (χ1n) is 22.1. The van der Waals surface area contributed by atoms with E-state index in [1.54, 1.807) is 13.8 Å². The lowest BCUT2D eigenvalue weighted by Gasteiger charge is -2.31. The second kappa shape index (κ2) is 26.8. The van der Waals surface area contributed by atoms with Crippen LogP contribution in [0.25, 0.3) is 0 Å². The van der Waals surface area contributed by atoms with Crippen molar-refractivity contribution >= 4 is 65.1 Å². The summed E-state index contributed by atoms with van der Waals surface area (Å²) in [4.78, 5) is 144. The number of hydrogen-bond donors (Lipinski definition) is 11. The molecule has 0 spiro atoms. The average molecular weight is 924 g/mol. The maximum absolute atomic E-state index is 13.9. The van der Waals surface area contributed by atoms with Gasteiger partial charge in [-0.3, -0.25) is 47.9 Å². The minimum absolute atomic E-state index is 0.0340. The Labute approximate surface area is 378 Å². The molecule has 0 aromatic carbocycles. The molecule has 24 heteroatoms. The molecule has 0 aliphatic carbocycles. The number of aliphatic carboxylic acids is 2. The van der Waals surface area contributed by atoms with Gasteiger partial charge >= 0.3 is 11.9 Å². The van der Waals surface area contributed by atoms with Crippen LogP contribution in [0.5, 0.6) is 0 Å². The summed E-state index contributed by atoms with van der Waals surface area (Å²) in [7, 11) is 0. The molecule has 2 fully saturated rings. The van der Waals surface area contributed by atoms with E-state index in [0.717, 1.165) is 4.90 Å². The quantitative estimate of drug-likeness (QED) is 0.0356. The van der Waals surface area contributed by atoms with Crippen LogP contribution in [0.4, 0.5) is 0 Å². The Bertz CT molecular complexity index is 1750. The molecule has 2 aliphatic heterocycles. The fourth-order valence-electron chi connectivity index (χ4n) is 7.46. The minimum atomic E-state index is -1.56. The highest BCUT2D eigenvalue weighted by molar-refractivity contribution is 5.98. The second-order valence-corrected chi connectivity index (χ2v) is 17.3. The van der Waals surface area contributed by atoms with Crippen LogP contribution >= 0.6 is 0 Å². The van der Waals surface area contributed by atoms with E-state index >= 15 is 0 Å². The van der Waals surface area contributed by atoms with Gasteiger partial charge in [-0.2, -0.15) is 0 Å². The standard InChI is InChI=1S/C41H69N11O13/c1-21(2)18-26(34(57)49-25(41(64)65)10-6-7-15-42)47-31(54)20-45-36(59)28-11-8-16-51(28)39(62)23(5)46-37(60)29-12-9-17-52(29)40(63)24(13-14-32(55)56)48-35(58)27(19-30(43)53)50-38(61)33(44)22(3)4/h21-29,33H,6-20,42,44H2,1-5H3,(H2,43,53)(H,45,59)(H,46,60)(H,47,54)(H,48,58)(H,49,57)(H,50,61)(H,55,56)(H,64,65)/t23-,24-,25-,26-,27-,28-,29-,33-/m0/s1. The molecule has 14 N–H and O–H groups in total. The van der Waals surface area contributed by atoms with Gasteiger partial charge in [0.2, 0.25) is 53.2 Å². The summed E-state index contributed by atoms with van der Waals surface area (Å²) in [5.41, 5.74) is 16.7. The van der Waals surface area contributed by atoms with Crippen LogP contribution in [0.2, 0.25) is 0 Å². The summed E-state index contributed by atoms with van der Waals surface area (Å²) >= 11 is 0. The highest BCUT2D eigenvalue weighted by Crippen LogP contribution is 2.22. The average Bonchev–Trinajstić information content (AvgIpc) is 3.93. The summed E-state index contributed by atoms with van der Waals surface area (Å²) in [5.74, 6) is -9.95. The molecule has 366 valence electrons. The zero-order valence-corrected chi connectivity index (χ0v) is 37.9. The molecule has 0 saturated carbocycles. The molecular weight excluding hydrogens is 855 g/mol. The van der Waals surface area contributed by atoms with Crippen molar-refractivity contribution in [2.75, 3.05) is 26.2 Å². The molecule has 24 nitrogen and oxygen atoms in total. The Morgan fingerprint density at radius 1 is 0.662 bits per heavy atom. The number of rotatable bonds is 27. The first-order chi connectivity index (χ1) is 30.5. The Balaban J connectivity index is 2.10. The summed E-state index contributed by atoms with van der Waals surface area (Å²) in [6, 6.07) is -9.76. The van der Waals surface area contributed by atoms with Gasteiger partial charge in [-0.05, 0) is 83.1 Å². The number of primary amides is 1. The van der Waals surface area contributed by atoms with Crippen LogP contribution in [0.3, 0.4) is 0 Å². The van der Waals surface area contributed by atoms with E-state index < -0.39 is 139 Å². The number of nitrogens with two attached hydrogens (primary N) is 3. The number of carboxylic acid groups (broad SMARTS) is 2. The van der Waals surface area contributed by atoms with E-state index in [-0.39, 0.29) is 50.6 Å². The van der Waals surface area contributed by atoms with E-state index in [4.69, 9.17) is 17.2 Å². The van der Waals surface area contributed by atoms with E-state index in [2.05, 4.69) is 31.9 Å². The van der Waals surface area contributed by atoms with Gasteiger partial charge in [0.15, 0.2) is 0 Å². The molecule has 2 aliphatic rings. The molecule has 2 rings (SSSR count). The number of carboxylic acids is 2. The van der Waals surface area contributed by atoms with Gasteiger partial charge in [0.1, 0.15) is 42.3 Å². The third-order valence-corrected chi connectivity index (χ3v) is 11.1. The van der Waals surface area contributed by atoms with Gasteiger partial charge in [0.25, 0.3) is 0 Å². The fourth-order valence-corrected chi connectivity index (χ4v) is 7.46. The number of nitrogens with zero attached hydrogens (tertiary/aromatic N) is 2. The maximum atomic E-state index is 13.9. The summed E-state index contributed by atoms with van der Waals surface area (Å²) in [6.07, 6.45) is 0.853. The molecule has 0 aromatic heterocycles. The second-order valence-electron chi connectivity index (χ2n) is 17.3. The Morgan fingerprint density at radius 2 is 1.22 bits per heavy atom. The predicted octanol–water partition coefficient (Wildman–Crippen LogP) is -3.49. The number of unbranched alkanes of at least 4 members (excludes halogenated alkanes) is 1. The summed E-state index contributed by atoms with van der Waals surface area (Å²) in [5, 5.41) is 33.8. The number of carbonyl (C=O) groups excluding carboxylic acids is 9. The van der Waals surface area contributed by atoms with Gasteiger partial charge in [-0.15, -0.1) is 0 Å². The van der Waals surface area contributed by atoms with E-state index in [0.29, 0.717) is 32.2 Å². The van der Waals surface area contributed by atoms with Crippen molar-refractivity contribution in [2.45, 2.75) is 154 Å². The lowest BCUT2D eigenvalue weighted by molar-refractivity contribution is -0.144. The Kier molecular flexibility index (Phi) is 22.7. The molecular formula is C41H69N11O13. The topological polar surface area (TPSA) is 385 Å². The van der Waals surface area contributed by atoms with Crippen LogP contribution < -0.4 is 49.1 Å². The zero-order chi connectivity index (χ0) is 49.1. The largest absolute Gasteiger partial charge is 0.481 e. The van der Waals surface area contributed by atoms with E-state index in [9.17, 15) is 63.0 Å². The van der Waals surface area contributed by atoms with Crippen LogP contribution in [-0.4, -0.2) is 160 Å². The van der Waals surface area contributed by atoms with Crippen LogP contribution in [0.1, 0.15) is 105 Å². The lowest BCUT2D eigenvalue weighted by atomic mass is 10.0. The fraction of sp³-hybridized carbons (Fsp3) is 0.732. The zero-order valence-electron chi connectivity index (χ0n) is 37.9. The van der Waals surface area contributed by atoms with Gasteiger partial charge in [-0.1, -0.05) is 27.7 Å². The van der Waals surface area contributed by atoms with Crippen LogP contribution in [-0.2, 0) is 52.7 Å². The number of hydrogen-bond acceptors (Lipinski definition) is 13. The number of nitrogens with one attached hydrogen (secondary N) is 6. The maximum Gasteiger partial charge on any atom is 0.326 e. The van der Waals surface area contributed by atoms with Crippen molar-refractivity contribution in [3.8, 4) is 0 Å². The van der Waals surface area contributed by atoms with Crippen molar-refractivity contribution in [2.24, 2.45) is 29.0 Å². The molecule has 8 atom stereocenters. The van der Waals surface area contributed by atoms with Gasteiger partial charge in [0, 0.05) is 19.5 Å². The van der Waals surface area contributed by atoms with Crippen molar-refractivity contribution in [3.63, 3.8) is 0 Å². The SMILES string of the molecule is CC(C)C[C@H](NC(=O)CNC(=O)[C@@H]1CCCN1C(=O)[C@H](C)NC(=O)[C@@H]1CCCN1C(=O)[C@H](CCC(=O)O)NC(=O)[C@H](CC(N)=O)NC(=O)[C@@H](N)C(C)C)C(=O)N[C@@H](CCCCN)C(=O)O. The summed E-state index contributed by atoms with van der Waals surface area (Å²) < 4.78 is 0. The van der Waals surface area contributed by atoms with E-state index in [1.165, 1.54) is 11.8 Å². The number of amides is 9. The van der Waals surface area contributed by atoms with Gasteiger partial charge < -0.3 is 69.1 Å². The molecule has 0 unspecified atom stereocenters. The normalized spacial score (nSPS) is 18.7. The molecule has 0 radical (unpaired) electrons. The first kappa shape index (κ1) is 55.2. The smallest absolute Gasteiger partial charge is 0.326 e. The molecule has 0 aromatic rings. The van der Waals surface area contributed by atoms with E-state index in [1.807, 2.05) is 13.8 Å². The van der Waals surface area contributed by atoms with Crippen molar-refractivity contribution in [1.29, 1.82) is 0 Å². The minimum Gasteiger partial charge on any atom is -0.481 e. The molecule has 65 heavy (non-hydrogen) atoms. The third-order valence-electron chi connectivity index (χ3n) is 11.1. The van der Waals surface area contributed by atoms with Gasteiger partial charge in [-0.25, -0.2) is 4.79 Å². The monoisotopic (exact) mass is 924 g/mol. The Morgan fingerprint density at radius 3 is 1.75 bits per heavy atom.